The van der Waals surface area contributed by atoms with Crippen LogP contribution < -0.4 is 5.32 Å². The second-order valence-electron chi connectivity index (χ2n) is 4.10. The van der Waals surface area contributed by atoms with Crippen molar-refractivity contribution in [1.82, 2.24) is 25.1 Å². The van der Waals surface area contributed by atoms with Crippen molar-refractivity contribution in [2.45, 2.75) is 6.18 Å². The number of fused-ring (bicyclic) bond motifs is 1. The Hall–Kier alpha value is -2.91. The van der Waals surface area contributed by atoms with Crippen LogP contribution in [-0.2, 0) is 6.18 Å². The van der Waals surface area contributed by atoms with Crippen molar-refractivity contribution in [2.24, 2.45) is 0 Å². The zero-order valence-corrected chi connectivity index (χ0v) is 10.2. The summed E-state index contributed by atoms with van der Waals surface area (Å²) >= 11 is 0. The first kappa shape index (κ1) is 13.1. The van der Waals surface area contributed by atoms with Crippen LogP contribution in [0.3, 0.4) is 0 Å². The number of aromatic nitrogens is 5. The van der Waals surface area contributed by atoms with Crippen molar-refractivity contribution in [1.29, 1.82) is 0 Å². The molecule has 0 unspecified atom stereocenters. The first-order valence-corrected chi connectivity index (χ1v) is 5.67. The number of alkyl halides is 3. The number of hydrogen-bond acceptors (Lipinski definition) is 4. The van der Waals surface area contributed by atoms with Crippen LogP contribution in [0.5, 0.6) is 0 Å². The van der Waals surface area contributed by atoms with Crippen LogP contribution in [0.2, 0.25) is 0 Å². The zero-order chi connectivity index (χ0) is 15.0. The third-order valence-electron chi connectivity index (χ3n) is 2.66. The molecule has 0 aliphatic heterocycles. The van der Waals surface area contributed by atoms with Crippen LogP contribution in [0, 0.1) is 0 Å². The molecule has 2 heterocycles. The van der Waals surface area contributed by atoms with E-state index in [1.54, 1.807) is 0 Å². The highest BCUT2D eigenvalue weighted by Crippen LogP contribution is 2.28. The van der Waals surface area contributed by atoms with Crippen molar-refractivity contribution < 1.29 is 18.0 Å². The molecule has 3 aromatic rings. The largest absolute Gasteiger partial charge is 0.449 e. The average Bonchev–Trinajstić information content (AvgIpc) is 3.04. The van der Waals surface area contributed by atoms with Gasteiger partial charge in [-0.15, -0.1) is 0 Å². The topological polar surface area (TPSA) is 99.3 Å². The van der Waals surface area contributed by atoms with Crippen LogP contribution in [0.25, 0.3) is 11.0 Å². The lowest BCUT2D eigenvalue weighted by atomic mass is 10.2. The molecular formula is C11H7F3N6O. The molecule has 1 amide bonds. The number of hydrogen-bond donors (Lipinski definition) is 3. The van der Waals surface area contributed by atoms with Gasteiger partial charge in [-0.25, -0.2) is 10.1 Å². The fourth-order valence-corrected chi connectivity index (χ4v) is 1.73. The molecule has 0 spiro atoms. The smallest absolute Gasteiger partial charge is 0.334 e. The Balaban J connectivity index is 1.92. The number of nitrogens with zero attached hydrogens (tertiary/aromatic N) is 3. The molecule has 0 fully saturated rings. The summed E-state index contributed by atoms with van der Waals surface area (Å²) < 4.78 is 37.6. The maximum Gasteiger partial charge on any atom is 0.449 e. The van der Waals surface area contributed by atoms with Crippen LogP contribution in [0.15, 0.2) is 24.5 Å². The Bertz CT molecular complexity index is 792. The number of nitrogens with one attached hydrogen (secondary N) is 3. The maximum atomic E-state index is 12.5. The van der Waals surface area contributed by atoms with E-state index in [0.29, 0.717) is 0 Å². The lowest BCUT2D eigenvalue weighted by Crippen LogP contribution is -2.12. The van der Waals surface area contributed by atoms with Gasteiger partial charge in [0, 0.05) is 5.56 Å². The van der Waals surface area contributed by atoms with Gasteiger partial charge in [0.25, 0.3) is 5.91 Å². The molecule has 21 heavy (non-hydrogen) atoms. The summed E-state index contributed by atoms with van der Waals surface area (Å²) in [4.78, 5) is 21.2. The van der Waals surface area contributed by atoms with E-state index in [9.17, 15) is 18.0 Å². The van der Waals surface area contributed by atoms with Gasteiger partial charge in [0.05, 0.1) is 11.0 Å². The van der Waals surface area contributed by atoms with Gasteiger partial charge in [0.2, 0.25) is 11.8 Å². The number of halogens is 3. The average molecular weight is 296 g/mol. The number of rotatable bonds is 2. The van der Waals surface area contributed by atoms with Gasteiger partial charge in [-0.3, -0.25) is 10.1 Å². The summed E-state index contributed by atoms with van der Waals surface area (Å²) in [5, 5.41) is 8.41. The van der Waals surface area contributed by atoms with E-state index in [2.05, 4.69) is 30.5 Å². The van der Waals surface area contributed by atoms with Crippen molar-refractivity contribution >= 4 is 22.9 Å². The number of carbonyl (C=O) groups is 1. The molecule has 0 atom stereocenters. The molecule has 0 saturated carbocycles. The number of benzene rings is 1. The van der Waals surface area contributed by atoms with E-state index in [1.165, 1.54) is 24.5 Å². The number of imidazole rings is 1. The van der Waals surface area contributed by atoms with Crippen LogP contribution >= 0.6 is 0 Å². The monoisotopic (exact) mass is 296 g/mol. The lowest BCUT2D eigenvalue weighted by Gasteiger charge is -2.01. The third kappa shape index (κ3) is 2.55. The minimum atomic E-state index is -4.57. The Kier molecular flexibility index (Phi) is 2.85. The van der Waals surface area contributed by atoms with E-state index in [0.717, 1.165) is 0 Å². The highest BCUT2D eigenvalue weighted by Gasteiger charge is 2.34. The second kappa shape index (κ2) is 4.58. The van der Waals surface area contributed by atoms with Crippen molar-refractivity contribution in [2.75, 3.05) is 5.32 Å². The van der Waals surface area contributed by atoms with Crippen molar-refractivity contribution in [3.05, 3.63) is 35.9 Å². The summed E-state index contributed by atoms with van der Waals surface area (Å²) in [7, 11) is 0. The highest BCUT2D eigenvalue weighted by molar-refractivity contribution is 6.05. The number of carbonyl (C=O) groups excluding carboxylic acids is 1. The van der Waals surface area contributed by atoms with E-state index in [-0.39, 0.29) is 22.5 Å². The maximum absolute atomic E-state index is 12.5. The number of anilines is 1. The summed E-state index contributed by atoms with van der Waals surface area (Å²) in [6.45, 7) is 0. The standard InChI is InChI=1S/C11H7F3N6O/c12-11(13,14)9-17-6-2-1-5(3-7(6)18-9)8(21)19-10-15-4-16-20-10/h1-4H,(H,17,18)(H2,15,16,19,20,21). The van der Waals surface area contributed by atoms with Gasteiger partial charge in [-0.1, -0.05) is 0 Å². The summed E-state index contributed by atoms with van der Waals surface area (Å²) in [6, 6.07) is 3.98. The number of H-pyrrole nitrogens is 2. The molecular weight excluding hydrogens is 289 g/mol. The van der Waals surface area contributed by atoms with Crippen LogP contribution in [-0.4, -0.2) is 31.1 Å². The molecule has 2 aromatic heterocycles. The molecule has 108 valence electrons. The van der Waals surface area contributed by atoms with E-state index >= 15 is 0 Å². The van der Waals surface area contributed by atoms with Gasteiger partial charge in [-0.05, 0) is 18.2 Å². The quantitative estimate of drug-likeness (QED) is 0.673. The van der Waals surface area contributed by atoms with Gasteiger partial charge < -0.3 is 4.98 Å². The summed E-state index contributed by atoms with van der Waals surface area (Å²) in [5.74, 6) is -1.50. The van der Waals surface area contributed by atoms with E-state index < -0.39 is 17.9 Å². The molecule has 3 N–H and O–H groups in total. The molecule has 10 heteroatoms. The molecule has 7 nitrogen and oxygen atoms in total. The normalized spacial score (nSPS) is 11.8. The van der Waals surface area contributed by atoms with Crippen LogP contribution in [0.4, 0.5) is 19.1 Å². The Morgan fingerprint density at radius 2 is 2.10 bits per heavy atom. The zero-order valence-electron chi connectivity index (χ0n) is 10.2. The fourth-order valence-electron chi connectivity index (χ4n) is 1.73. The highest BCUT2D eigenvalue weighted by atomic mass is 19.4. The Labute approximate surface area is 114 Å². The van der Waals surface area contributed by atoms with Gasteiger partial charge >= 0.3 is 6.18 Å². The molecule has 0 aliphatic rings. The molecule has 1 aromatic carbocycles. The minimum absolute atomic E-state index is 0.118. The molecule has 0 saturated heterocycles. The minimum Gasteiger partial charge on any atom is -0.334 e. The first-order valence-electron chi connectivity index (χ1n) is 5.67. The van der Waals surface area contributed by atoms with Crippen molar-refractivity contribution in [3.8, 4) is 0 Å². The summed E-state index contributed by atoms with van der Waals surface area (Å²) in [6.07, 6.45) is -3.36. The van der Waals surface area contributed by atoms with Crippen LogP contribution in [0.1, 0.15) is 16.2 Å². The predicted octanol–water partition coefficient (Wildman–Crippen LogP) is 1.95. The first-order chi connectivity index (χ1) is 9.93. The Morgan fingerprint density at radius 1 is 1.29 bits per heavy atom. The fraction of sp³-hybridized carbons (Fsp3) is 0.0909. The molecule has 0 bridgehead atoms. The molecule has 3 rings (SSSR count). The Morgan fingerprint density at radius 3 is 2.76 bits per heavy atom. The second-order valence-corrected chi connectivity index (χ2v) is 4.10. The predicted molar refractivity (Wildman–Crippen MR) is 65.4 cm³/mol. The lowest BCUT2D eigenvalue weighted by molar-refractivity contribution is -0.144. The summed E-state index contributed by atoms with van der Waals surface area (Å²) in [5.41, 5.74) is 0.405. The van der Waals surface area contributed by atoms with E-state index in [1.807, 2.05) is 0 Å². The van der Waals surface area contributed by atoms with Crippen molar-refractivity contribution in [3.63, 3.8) is 0 Å². The molecule has 0 radical (unpaired) electrons. The van der Waals surface area contributed by atoms with E-state index in [4.69, 9.17) is 0 Å². The SMILES string of the molecule is O=C(Nc1ncn[nH]1)c1ccc2nc(C(F)(F)F)[nH]c2c1. The van der Waals surface area contributed by atoms with Gasteiger partial charge in [0.1, 0.15) is 6.33 Å². The number of amides is 1. The molecule has 0 aliphatic carbocycles. The van der Waals surface area contributed by atoms with Gasteiger partial charge in [-0.2, -0.15) is 23.3 Å². The third-order valence-corrected chi connectivity index (χ3v) is 2.66. The number of aromatic amines is 2. The van der Waals surface area contributed by atoms with Gasteiger partial charge in [0.15, 0.2) is 0 Å².